The molecular weight excluding hydrogens is 310 g/mol. The van der Waals surface area contributed by atoms with Crippen LogP contribution in [-0.2, 0) is 14.4 Å². The van der Waals surface area contributed by atoms with Gasteiger partial charge < -0.3 is 10.4 Å². The van der Waals surface area contributed by atoms with Gasteiger partial charge >= 0.3 is 5.97 Å². The fourth-order valence-electron chi connectivity index (χ4n) is 2.47. The van der Waals surface area contributed by atoms with E-state index in [9.17, 15) is 14.4 Å². The van der Waals surface area contributed by atoms with Crippen LogP contribution in [0.25, 0.3) is 0 Å². The lowest BCUT2D eigenvalue weighted by atomic mass is 10.1. The van der Waals surface area contributed by atoms with Gasteiger partial charge in [0.25, 0.3) is 5.91 Å². The molecule has 0 bridgehead atoms. The van der Waals surface area contributed by atoms with E-state index in [0.29, 0.717) is 5.69 Å². The zero-order valence-corrected chi connectivity index (χ0v) is 14.0. The Balaban J connectivity index is 2.22. The van der Waals surface area contributed by atoms with Crippen LogP contribution in [0.4, 0.5) is 5.69 Å². The number of hydrogen-bond donors (Lipinski definition) is 2. The van der Waals surface area contributed by atoms with Crippen molar-refractivity contribution in [1.29, 1.82) is 0 Å². The Bertz CT molecular complexity index is 712. The lowest BCUT2D eigenvalue weighted by Crippen LogP contribution is -2.42. The average Bonchev–Trinajstić information content (AvgIpc) is 2.49. The number of hydrazone groups is 1. The highest BCUT2D eigenvalue weighted by molar-refractivity contribution is 6.40. The normalized spacial score (nSPS) is 15.7. The van der Waals surface area contributed by atoms with Crippen molar-refractivity contribution in [3.8, 4) is 0 Å². The summed E-state index contributed by atoms with van der Waals surface area (Å²) >= 11 is 0. The molecular formula is C17H21N3O4. The first-order valence-electron chi connectivity index (χ1n) is 7.78. The third-order valence-corrected chi connectivity index (χ3v) is 3.75. The Morgan fingerprint density at radius 2 is 2.04 bits per heavy atom. The molecule has 0 spiro atoms. The van der Waals surface area contributed by atoms with Gasteiger partial charge in [0.05, 0.1) is 12.1 Å². The maximum absolute atomic E-state index is 12.3. The number of carbonyl (C=O) groups excluding carboxylic acids is 2. The molecule has 1 atom stereocenters. The van der Waals surface area contributed by atoms with Crippen LogP contribution >= 0.6 is 0 Å². The van der Waals surface area contributed by atoms with Crippen LogP contribution in [0.1, 0.15) is 37.3 Å². The number of carbonyl (C=O) groups is 3. The summed E-state index contributed by atoms with van der Waals surface area (Å²) in [5.41, 5.74) is 2.76. The number of carboxylic acids is 1. The molecule has 1 aromatic carbocycles. The molecule has 2 rings (SSSR count). The predicted molar refractivity (Wildman–Crippen MR) is 89.9 cm³/mol. The van der Waals surface area contributed by atoms with Gasteiger partial charge in [-0.05, 0) is 38.0 Å². The van der Waals surface area contributed by atoms with Gasteiger partial charge in [-0.15, -0.1) is 0 Å². The molecule has 24 heavy (non-hydrogen) atoms. The van der Waals surface area contributed by atoms with Crippen molar-refractivity contribution >= 4 is 29.2 Å². The number of nitrogens with zero attached hydrogens (tertiary/aromatic N) is 2. The first-order valence-corrected chi connectivity index (χ1v) is 7.78. The third-order valence-electron chi connectivity index (χ3n) is 3.75. The van der Waals surface area contributed by atoms with E-state index in [4.69, 9.17) is 5.11 Å². The Morgan fingerprint density at radius 3 is 2.71 bits per heavy atom. The van der Waals surface area contributed by atoms with Crippen molar-refractivity contribution in [3.63, 3.8) is 0 Å². The molecule has 0 fully saturated rings. The molecule has 2 N–H and O–H groups in total. The molecule has 1 unspecified atom stereocenters. The van der Waals surface area contributed by atoms with Gasteiger partial charge in [-0.1, -0.05) is 12.1 Å². The number of aliphatic carboxylic acids is 1. The van der Waals surface area contributed by atoms with Crippen molar-refractivity contribution in [2.75, 3.05) is 5.01 Å². The molecule has 7 nitrogen and oxygen atoms in total. The highest BCUT2D eigenvalue weighted by Crippen LogP contribution is 2.25. The molecule has 0 aliphatic carbocycles. The summed E-state index contributed by atoms with van der Waals surface area (Å²) in [5, 5.41) is 16.8. The number of hydrogen-bond acceptors (Lipinski definition) is 4. The van der Waals surface area contributed by atoms with Gasteiger partial charge in [-0.3, -0.25) is 14.4 Å². The van der Waals surface area contributed by atoms with Crippen LogP contribution in [0.15, 0.2) is 23.3 Å². The second-order valence-corrected chi connectivity index (χ2v) is 6.01. The minimum absolute atomic E-state index is 0.168. The summed E-state index contributed by atoms with van der Waals surface area (Å²) in [6, 6.07) is 5.18. The van der Waals surface area contributed by atoms with Gasteiger partial charge in [0.15, 0.2) is 0 Å². The predicted octanol–water partition coefficient (Wildman–Crippen LogP) is 1.77. The van der Waals surface area contributed by atoms with Crippen LogP contribution in [0.3, 0.4) is 0 Å². The quantitative estimate of drug-likeness (QED) is 0.859. The second kappa shape index (κ2) is 7.25. The van der Waals surface area contributed by atoms with E-state index in [2.05, 4.69) is 10.4 Å². The number of anilines is 1. The summed E-state index contributed by atoms with van der Waals surface area (Å²) in [5.74, 6) is -1.59. The van der Waals surface area contributed by atoms with Crippen molar-refractivity contribution in [3.05, 3.63) is 29.3 Å². The number of nitrogens with one attached hydrogen (secondary N) is 1. The monoisotopic (exact) mass is 331 g/mol. The molecule has 7 heteroatoms. The van der Waals surface area contributed by atoms with E-state index < -0.39 is 17.9 Å². The topological polar surface area (TPSA) is 99.1 Å². The van der Waals surface area contributed by atoms with Gasteiger partial charge in [0.1, 0.15) is 5.71 Å². The minimum atomic E-state index is -0.986. The first kappa shape index (κ1) is 17.7. The van der Waals surface area contributed by atoms with E-state index in [0.717, 1.165) is 11.1 Å². The molecule has 2 amide bonds. The molecule has 0 radical (unpaired) electrons. The zero-order valence-electron chi connectivity index (χ0n) is 14.0. The van der Waals surface area contributed by atoms with Gasteiger partial charge in [0.2, 0.25) is 5.91 Å². The first-order chi connectivity index (χ1) is 11.3. The van der Waals surface area contributed by atoms with Crippen LogP contribution in [0.5, 0.6) is 0 Å². The fraction of sp³-hybridized carbons (Fsp3) is 0.412. The maximum Gasteiger partial charge on any atom is 0.305 e. The van der Waals surface area contributed by atoms with Crippen molar-refractivity contribution in [2.24, 2.45) is 5.10 Å². The second-order valence-electron chi connectivity index (χ2n) is 6.01. The largest absolute Gasteiger partial charge is 0.481 e. The smallest absolute Gasteiger partial charge is 0.305 e. The van der Waals surface area contributed by atoms with E-state index in [-0.39, 0.29) is 30.9 Å². The third kappa shape index (κ3) is 4.18. The Kier molecular flexibility index (Phi) is 5.33. The summed E-state index contributed by atoms with van der Waals surface area (Å²) in [6.07, 6.45) is 0.261. The van der Waals surface area contributed by atoms with Crippen molar-refractivity contribution < 1.29 is 19.5 Å². The Morgan fingerprint density at radius 1 is 1.33 bits per heavy atom. The van der Waals surface area contributed by atoms with Gasteiger partial charge in [-0.2, -0.15) is 5.10 Å². The summed E-state index contributed by atoms with van der Waals surface area (Å²) in [6.45, 7) is 5.41. The molecule has 0 saturated carbocycles. The molecule has 0 aromatic heterocycles. The summed E-state index contributed by atoms with van der Waals surface area (Å²) in [7, 11) is 0. The van der Waals surface area contributed by atoms with E-state index in [1.54, 1.807) is 6.92 Å². The molecule has 1 heterocycles. The number of rotatable bonds is 5. The molecule has 1 aliphatic rings. The average molecular weight is 331 g/mol. The highest BCUT2D eigenvalue weighted by atomic mass is 16.4. The Labute approximate surface area is 140 Å². The SMILES string of the molecule is Cc1ccc(C)c(N2N=C(C(=O)NC(C)CC(=O)O)CCC2=O)c1. The van der Waals surface area contributed by atoms with E-state index in [1.165, 1.54) is 5.01 Å². The van der Waals surface area contributed by atoms with Gasteiger partial charge in [0, 0.05) is 18.9 Å². The van der Waals surface area contributed by atoms with Crippen LogP contribution in [-0.4, -0.2) is 34.6 Å². The highest BCUT2D eigenvalue weighted by Gasteiger charge is 2.27. The lowest BCUT2D eigenvalue weighted by Gasteiger charge is -2.25. The van der Waals surface area contributed by atoms with E-state index >= 15 is 0 Å². The number of benzene rings is 1. The fourth-order valence-corrected chi connectivity index (χ4v) is 2.47. The van der Waals surface area contributed by atoms with Crippen LogP contribution in [0.2, 0.25) is 0 Å². The lowest BCUT2D eigenvalue weighted by molar-refractivity contribution is -0.137. The van der Waals surface area contributed by atoms with E-state index in [1.807, 2.05) is 32.0 Å². The maximum atomic E-state index is 12.3. The Hall–Kier alpha value is -2.70. The molecule has 1 aromatic rings. The minimum Gasteiger partial charge on any atom is -0.481 e. The zero-order chi connectivity index (χ0) is 17.9. The van der Waals surface area contributed by atoms with Crippen molar-refractivity contribution in [2.45, 2.75) is 46.1 Å². The number of carboxylic acid groups (broad SMARTS) is 1. The number of aryl methyl sites for hydroxylation is 2. The molecule has 1 aliphatic heterocycles. The van der Waals surface area contributed by atoms with Crippen molar-refractivity contribution in [1.82, 2.24) is 5.32 Å². The summed E-state index contributed by atoms with van der Waals surface area (Å²) in [4.78, 5) is 35.1. The van der Waals surface area contributed by atoms with Crippen LogP contribution < -0.4 is 10.3 Å². The molecule has 128 valence electrons. The summed E-state index contributed by atoms with van der Waals surface area (Å²) < 4.78 is 0. The van der Waals surface area contributed by atoms with Gasteiger partial charge in [-0.25, -0.2) is 5.01 Å². The standard InChI is InChI=1S/C17H21N3O4/c1-10-4-5-11(2)14(8-10)20-15(21)7-6-13(19-20)17(24)18-12(3)9-16(22)23/h4-5,8,12H,6-7,9H2,1-3H3,(H,18,24)(H,22,23). The van der Waals surface area contributed by atoms with Crippen LogP contribution in [0, 0.1) is 13.8 Å². The number of amides is 2. The molecule has 0 saturated heterocycles.